The van der Waals surface area contributed by atoms with Crippen molar-refractivity contribution in [1.82, 2.24) is 15.1 Å². The second-order valence-corrected chi connectivity index (χ2v) is 19.7. The van der Waals surface area contributed by atoms with Gasteiger partial charge in [-0.1, -0.05) is 183 Å². The Hall–Kier alpha value is -6.20. The highest BCUT2D eigenvalue weighted by molar-refractivity contribution is 6.32. The van der Waals surface area contributed by atoms with Crippen molar-refractivity contribution in [2.24, 2.45) is 5.73 Å². The molecule has 2 saturated carbocycles. The number of carboxylic acids is 1. The minimum absolute atomic E-state index is 0.0933. The zero-order chi connectivity index (χ0) is 53.4. The van der Waals surface area contributed by atoms with E-state index in [4.69, 9.17) is 43.5 Å². The first kappa shape index (κ1) is 58.1. The zero-order valence-electron chi connectivity index (χ0n) is 44.3. The Balaban J connectivity index is 0.000000216. The Labute approximate surface area is 456 Å². The number of nitrogens with zero attached hydrogens (tertiary/aromatic N) is 2. The van der Waals surface area contributed by atoms with Gasteiger partial charge in [0, 0.05) is 31.7 Å². The molecule has 0 spiro atoms. The van der Waals surface area contributed by atoms with E-state index in [-0.39, 0.29) is 23.7 Å². The number of halogens is 2. The van der Waals surface area contributed by atoms with E-state index in [1.165, 1.54) is 56.7 Å². The number of benzene rings is 6. The van der Waals surface area contributed by atoms with Gasteiger partial charge in [0.2, 0.25) is 0 Å². The van der Waals surface area contributed by atoms with Crippen LogP contribution in [0.5, 0.6) is 11.5 Å². The Kier molecular flexibility index (Phi) is 24.0. The molecule has 2 aliphatic rings. The topological polar surface area (TPSA) is 117 Å². The van der Waals surface area contributed by atoms with Crippen LogP contribution in [0.1, 0.15) is 111 Å². The lowest BCUT2D eigenvalue weighted by atomic mass is 9.91. The fourth-order valence-corrected chi connectivity index (χ4v) is 9.69. The number of hydrogen-bond donors (Lipinski definition) is 3. The summed E-state index contributed by atoms with van der Waals surface area (Å²) in [4.78, 5) is 28.1. The molecule has 2 aliphatic carbocycles. The number of rotatable bonds is 19. The molecule has 1 amide bonds. The van der Waals surface area contributed by atoms with Crippen LogP contribution in [0.4, 0.5) is 0 Å². The van der Waals surface area contributed by atoms with E-state index in [0.717, 1.165) is 97.2 Å². The molecule has 0 radical (unpaired) electrons. The molecule has 0 atom stereocenters. The minimum Gasteiger partial charge on any atom is -0.489 e. The molecule has 8 rings (SSSR count). The number of carboxylic acid groups (broad SMARTS) is 1. The van der Waals surface area contributed by atoms with Crippen molar-refractivity contribution in [2.45, 2.75) is 91.3 Å². The molecule has 396 valence electrons. The van der Waals surface area contributed by atoms with E-state index in [9.17, 15) is 9.59 Å². The van der Waals surface area contributed by atoms with Crippen molar-refractivity contribution in [3.63, 3.8) is 0 Å². The minimum atomic E-state index is -0.993. The van der Waals surface area contributed by atoms with Crippen LogP contribution in [-0.2, 0) is 0 Å². The fourth-order valence-electron chi connectivity index (χ4n) is 9.24. The number of amides is 1. The van der Waals surface area contributed by atoms with Crippen LogP contribution >= 0.6 is 23.2 Å². The molecule has 9 nitrogen and oxygen atoms in total. The molecule has 0 aliphatic heterocycles. The lowest BCUT2D eigenvalue weighted by Crippen LogP contribution is -2.34. The van der Waals surface area contributed by atoms with Crippen LogP contribution in [0.3, 0.4) is 0 Å². The van der Waals surface area contributed by atoms with Crippen molar-refractivity contribution in [2.75, 3.05) is 52.4 Å². The van der Waals surface area contributed by atoms with Crippen molar-refractivity contribution < 1.29 is 24.2 Å². The van der Waals surface area contributed by atoms with Gasteiger partial charge in [-0.15, -0.1) is 0 Å². The predicted molar refractivity (Wildman–Crippen MR) is 312 cm³/mol. The van der Waals surface area contributed by atoms with E-state index in [1.54, 1.807) is 18.2 Å². The molecule has 4 N–H and O–H groups in total. The third-order valence-corrected chi connectivity index (χ3v) is 14.4. The number of nitrogens with one attached hydrogen (secondary N) is 1. The van der Waals surface area contributed by atoms with E-state index < -0.39 is 5.97 Å². The number of allylic oxidation sites excluding steroid dienone is 2. The number of carbonyl (C=O) groups excluding carboxylic acids is 1. The van der Waals surface area contributed by atoms with Crippen molar-refractivity contribution >= 4 is 47.2 Å². The highest BCUT2D eigenvalue weighted by atomic mass is 35.5. The molecule has 11 heteroatoms. The largest absolute Gasteiger partial charge is 0.489 e. The number of ether oxygens (including phenoxy) is 2. The van der Waals surface area contributed by atoms with E-state index in [1.807, 2.05) is 18.2 Å². The molecule has 6 aromatic rings. The van der Waals surface area contributed by atoms with Gasteiger partial charge in [0.25, 0.3) is 5.91 Å². The first-order valence-corrected chi connectivity index (χ1v) is 27.5. The molecular formula is C64H76Cl2N4O5. The summed E-state index contributed by atoms with van der Waals surface area (Å²) in [7, 11) is 0. The Morgan fingerprint density at radius 2 is 0.947 bits per heavy atom. The van der Waals surface area contributed by atoms with Gasteiger partial charge in [0.05, 0.1) is 27.8 Å². The average Bonchev–Trinajstić information content (AvgIpc) is 3.44. The van der Waals surface area contributed by atoms with Gasteiger partial charge in [0.1, 0.15) is 11.5 Å². The van der Waals surface area contributed by atoms with Crippen molar-refractivity contribution in [1.29, 1.82) is 0 Å². The number of aromatic carboxylic acids is 1. The summed E-state index contributed by atoms with van der Waals surface area (Å²) >= 11 is 12.7. The van der Waals surface area contributed by atoms with E-state index >= 15 is 0 Å². The highest BCUT2D eigenvalue weighted by Crippen LogP contribution is 2.34. The second kappa shape index (κ2) is 31.0. The van der Waals surface area contributed by atoms with Crippen LogP contribution in [0, 0.1) is 0 Å². The summed E-state index contributed by atoms with van der Waals surface area (Å²) in [5, 5.41) is 12.8. The normalized spacial score (nSPS) is 15.2. The van der Waals surface area contributed by atoms with Gasteiger partial charge >= 0.3 is 5.97 Å². The Morgan fingerprint density at radius 3 is 1.32 bits per heavy atom. The van der Waals surface area contributed by atoms with Gasteiger partial charge < -0.3 is 35.4 Å². The van der Waals surface area contributed by atoms with Crippen LogP contribution in [0.15, 0.2) is 157 Å². The molecule has 75 heavy (non-hydrogen) atoms. The standard InChI is InChI=1S/C32H37ClN2O2.C26H23ClO3.C6H16N2/c1-3-35(4-2)21-20-34-32(36)28-16-19-31(30(33)23-28)37-29-17-12-25(13-18-29)22-24-10-14-27(15-11-24)26-8-6-5-7-9-26;27-24-17-22(26(28)29)12-15-25(24)30-23-13-8-19(9-14-23)16-18-6-10-21(11-7-18)20-4-2-1-3-5-20;1-3-8(4-2)6-5-7/h5-11,14-16,19,22-23,29H,3-4,12-13,17-18,20-21H2,1-2H3,(H,34,36);1-7,10-12,15-17,23H,8-9,13-14H2,(H,28,29);3-7H2,1-2H3. The SMILES string of the molecule is CCN(CC)CCN.CCN(CC)CCNC(=O)c1ccc(OC2CCC(=Cc3ccc(-c4ccccc4)cc3)CC2)c(Cl)c1.O=C(O)c1ccc(OC2CCC(=Cc3ccc(-c4ccccc4)cc3)CC2)c(Cl)c1. The van der Waals surface area contributed by atoms with Crippen molar-refractivity contribution in [3.8, 4) is 33.8 Å². The van der Waals surface area contributed by atoms with Crippen LogP contribution in [0.25, 0.3) is 34.4 Å². The first-order valence-electron chi connectivity index (χ1n) is 26.8. The molecule has 2 fully saturated rings. The lowest BCUT2D eigenvalue weighted by molar-refractivity contribution is 0.0696. The number of nitrogens with two attached hydrogens (primary N) is 1. The van der Waals surface area contributed by atoms with Gasteiger partial charge in [-0.05, 0) is 147 Å². The maximum absolute atomic E-state index is 12.5. The molecular weight excluding hydrogens is 976 g/mol. The Bertz CT molecular complexity index is 2720. The molecule has 0 bridgehead atoms. The maximum atomic E-state index is 12.5. The van der Waals surface area contributed by atoms with Crippen LogP contribution < -0.4 is 20.5 Å². The average molecular weight is 1050 g/mol. The van der Waals surface area contributed by atoms with Crippen molar-refractivity contribution in [3.05, 3.63) is 189 Å². The summed E-state index contributed by atoms with van der Waals surface area (Å²) in [5.41, 5.74) is 16.3. The fraction of sp³-hybridized carbons (Fsp3) is 0.344. The smallest absolute Gasteiger partial charge is 0.335 e. The quantitative estimate of drug-likeness (QED) is 0.0734. The van der Waals surface area contributed by atoms with Crippen LogP contribution in [-0.4, -0.2) is 91.3 Å². The summed E-state index contributed by atoms with van der Waals surface area (Å²) in [5.74, 6) is 0.100. The van der Waals surface area contributed by atoms with Gasteiger partial charge in [-0.25, -0.2) is 4.79 Å². The van der Waals surface area contributed by atoms with Crippen LogP contribution in [0.2, 0.25) is 10.0 Å². The third-order valence-electron chi connectivity index (χ3n) is 13.8. The Morgan fingerprint density at radius 1 is 0.560 bits per heavy atom. The third kappa shape index (κ3) is 18.8. The summed E-state index contributed by atoms with van der Waals surface area (Å²) < 4.78 is 12.3. The van der Waals surface area contributed by atoms with E-state index in [2.05, 4.69) is 152 Å². The number of carbonyl (C=O) groups is 2. The highest BCUT2D eigenvalue weighted by Gasteiger charge is 2.22. The maximum Gasteiger partial charge on any atom is 0.335 e. The summed E-state index contributed by atoms with van der Waals surface area (Å²) in [6.07, 6.45) is 12.5. The van der Waals surface area contributed by atoms with Gasteiger partial charge in [-0.3, -0.25) is 4.79 Å². The number of likely N-dealkylation sites (N-methyl/N-ethyl adjacent to an activating group) is 2. The van der Waals surface area contributed by atoms with Gasteiger partial charge in [-0.2, -0.15) is 0 Å². The first-order chi connectivity index (χ1) is 36.5. The molecule has 0 heterocycles. The molecule has 0 saturated heterocycles. The predicted octanol–water partition coefficient (Wildman–Crippen LogP) is 14.9. The number of hydrogen-bond acceptors (Lipinski definition) is 7. The second-order valence-electron chi connectivity index (χ2n) is 18.9. The molecule has 0 unspecified atom stereocenters. The monoisotopic (exact) mass is 1050 g/mol. The summed E-state index contributed by atoms with van der Waals surface area (Å²) in [6, 6.07) is 48.2. The zero-order valence-corrected chi connectivity index (χ0v) is 45.8. The van der Waals surface area contributed by atoms with E-state index in [0.29, 0.717) is 33.7 Å². The molecule has 6 aromatic carbocycles. The summed E-state index contributed by atoms with van der Waals surface area (Å²) in [6.45, 7) is 16.0. The van der Waals surface area contributed by atoms with Gasteiger partial charge in [0.15, 0.2) is 0 Å². The molecule has 0 aromatic heterocycles. The lowest BCUT2D eigenvalue weighted by Gasteiger charge is -2.25.